The molecule has 0 aliphatic carbocycles. The number of anilines is 1. The van der Waals surface area contributed by atoms with Crippen LogP contribution in [0.1, 0.15) is 74.3 Å². The van der Waals surface area contributed by atoms with Crippen LogP contribution >= 0.6 is 0 Å². The third kappa shape index (κ3) is 6.78. The van der Waals surface area contributed by atoms with E-state index in [4.69, 9.17) is 4.98 Å². The number of hydrogen-bond donors (Lipinski definition) is 0. The van der Waals surface area contributed by atoms with Crippen LogP contribution < -0.4 is 4.90 Å². The van der Waals surface area contributed by atoms with Crippen LogP contribution in [0, 0.1) is 39.0 Å². The molecular formula is C28H42N4O. The van der Waals surface area contributed by atoms with E-state index in [-0.39, 0.29) is 11.3 Å². The Balaban J connectivity index is 1.72. The molecule has 1 aliphatic heterocycles. The van der Waals surface area contributed by atoms with E-state index in [0.29, 0.717) is 12.3 Å². The van der Waals surface area contributed by atoms with E-state index in [9.17, 15) is 4.79 Å². The maximum absolute atomic E-state index is 12.9. The summed E-state index contributed by atoms with van der Waals surface area (Å²) in [6, 6.07) is 6.63. The first-order valence-electron chi connectivity index (χ1n) is 12.4. The standard InChI is InChI=1S/C28H42N4O/c1-19-9-10-21(3)24(15-19)17-25-22(4)29-23(5)30-27(25)32-13-11-31(12-14-32)26(33)16-20(2)18-28(6,7)8/h9-10,15,20H,11-14,16-18H2,1-8H3. The van der Waals surface area contributed by atoms with Gasteiger partial charge in [-0.05, 0) is 56.6 Å². The average molecular weight is 451 g/mol. The van der Waals surface area contributed by atoms with Crippen molar-refractivity contribution < 1.29 is 4.79 Å². The number of amides is 1. The molecule has 0 radical (unpaired) electrons. The highest BCUT2D eigenvalue weighted by atomic mass is 16.2. The van der Waals surface area contributed by atoms with Gasteiger partial charge in [-0.25, -0.2) is 9.97 Å². The topological polar surface area (TPSA) is 49.3 Å². The Bertz CT molecular complexity index is 984. The molecule has 1 atom stereocenters. The van der Waals surface area contributed by atoms with E-state index in [1.54, 1.807) is 0 Å². The molecule has 0 bridgehead atoms. The monoisotopic (exact) mass is 450 g/mol. The van der Waals surface area contributed by atoms with Crippen LogP contribution in [0.25, 0.3) is 0 Å². The third-order valence-corrected chi connectivity index (χ3v) is 6.59. The van der Waals surface area contributed by atoms with E-state index in [0.717, 1.165) is 56.4 Å². The SMILES string of the molecule is Cc1ccc(C)c(Cc2c(C)nc(C)nc2N2CCN(C(=O)CC(C)CC(C)(C)C)CC2)c1. The van der Waals surface area contributed by atoms with Gasteiger partial charge in [0.05, 0.1) is 0 Å². The van der Waals surface area contributed by atoms with Crippen molar-refractivity contribution in [3.8, 4) is 0 Å². The maximum atomic E-state index is 12.9. The zero-order chi connectivity index (χ0) is 24.3. The average Bonchev–Trinajstić information content (AvgIpc) is 2.71. The Labute approximate surface area is 200 Å². The van der Waals surface area contributed by atoms with E-state index in [1.165, 1.54) is 22.3 Å². The fourth-order valence-electron chi connectivity index (χ4n) is 5.08. The van der Waals surface area contributed by atoms with E-state index in [2.05, 4.69) is 76.5 Å². The molecule has 1 unspecified atom stereocenters. The number of aryl methyl sites for hydroxylation is 4. The Morgan fingerprint density at radius 2 is 1.70 bits per heavy atom. The second-order valence-electron chi connectivity index (χ2n) is 11.2. The van der Waals surface area contributed by atoms with Crippen molar-refractivity contribution in [3.63, 3.8) is 0 Å². The Morgan fingerprint density at radius 1 is 1.03 bits per heavy atom. The number of piperazine rings is 1. The van der Waals surface area contributed by atoms with Crippen LogP contribution in [0.15, 0.2) is 18.2 Å². The minimum atomic E-state index is 0.257. The van der Waals surface area contributed by atoms with Crippen LogP contribution in [0.5, 0.6) is 0 Å². The first-order valence-corrected chi connectivity index (χ1v) is 12.4. The maximum Gasteiger partial charge on any atom is 0.222 e. The number of benzene rings is 1. The van der Waals surface area contributed by atoms with Crippen LogP contribution in [0.4, 0.5) is 5.82 Å². The molecule has 0 N–H and O–H groups in total. The van der Waals surface area contributed by atoms with Gasteiger partial charge in [0.25, 0.3) is 0 Å². The second-order valence-corrected chi connectivity index (χ2v) is 11.2. The van der Waals surface area contributed by atoms with Gasteiger partial charge in [-0.3, -0.25) is 4.79 Å². The molecule has 1 aromatic carbocycles. The minimum Gasteiger partial charge on any atom is -0.353 e. The first-order chi connectivity index (χ1) is 15.4. The lowest BCUT2D eigenvalue weighted by Crippen LogP contribution is -2.49. The smallest absolute Gasteiger partial charge is 0.222 e. The number of nitrogens with zero attached hydrogens (tertiary/aromatic N) is 4. The summed E-state index contributed by atoms with van der Waals surface area (Å²) in [5.74, 6) is 2.54. The molecule has 33 heavy (non-hydrogen) atoms. The fourth-order valence-corrected chi connectivity index (χ4v) is 5.08. The number of hydrogen-bond acceptors (Lipinski definition) is 4. The van der Waals surface area contributed by atoms with Crippen LogP contribution in [-0.2, 0) is 11.2 Å². The van der Waals surface area contributed by atoms with Crippen LogP contribution in [-0.4, -0.2) is 47.0 Å². The van der Waals surface area contributed by atoms with Crippen molar-refractivity contribution in [3.05, 3.63) is 52.0 Å². The number of carbonyl (C=O) groups is 1. The summed E-state index contributed by atoms with van der Waals surface area (Å²) in [7, 11) is 0. The quantitative estimate of drug-likeness (QED) is 0.590. The van der Waals surface area contributed by atoms with Crippen LogP contribution in [0.3, 0.4) is 0 Å². The summed E-state index contributed by atoms with van der Waals surface area (Å²) in [6.45, 7) is 20.4. The second kappa shape index (κ2) is 10.2. The molecule has 180 valence electrons. The summed E-state index contributed by atoms with van der Waals surface area (Å²) >= 11 is 0. The molecular weight excluding hydrogens is 408 g/mol. The van der Waals surface area contributed by atoms with Crippen molar-refractivity contribution in [2.75, 3.05) is 31.1 Å². The van der Waals surface area contributed by atoms with Gasteiger partial charge in [-0.15, -0.1) is 0 Å². The molecule has 5 nitrogen and oxygen atoms in total. The lowest BCUT2D eigenvalue weighted by molar-refractivity contribution is -0.132. The first kappa shape index (κ1) is 25.2. The lowest BCUT2D eigenvalue weighted by atomic mass is 9.84. The molecule has 3 rings (SSSR count). The number of rotatable bonds is 6. The minimum absolute atomic E-state index is 0.257. The third-order valence-electron chi connectivity index (χ3n) is 6.59. The van der Waals surface area contributed by atoms with E-state index in [1.807, 2.05) is 11.8 Å². The van der Waals surface area contributed by atoms with Gasteiger partial charge < -0.3 is 9.80 Å². The molecule has 5 heteroatoms. The summed E-state index contributed by atoms with van der Waals surface area (Å²) in [5, 5.41) is 0. The zero-order valence-corrected chi connectivity index (χ0v) is 22.0. The molecule has 0 spiro atoms. The molecule has 1 fully saturated rings. The Hall–Kier alpha value is -2.43. The zero-order valence-electron chi connectivity index (χ0n) is 22.0. The van der Waals surface area contributed by atoms with Crippen molar-refractivity contribution in [1.29, 1.82) is 0 Å². The van der Waals surface area contributed by atoms with Crippen molar-refractivity contribution in [1.82, 2.24) is 14.9 Å². The summed E-state index contributed by atoms with van der Waals surface area (Å²) in [6.07, 6.45) is 2.54. The highest BCUT2D eigenvalue weighted by Gasteiger charge is 2.26. The van der Waals surface area contributed by atoms with Gasteiger partial charge in [0.2, 0.25) is 5.91 Å². The van der Waals surface area contributed by atoms with E-state index >= 15 is 0 Å². The van der Waals surface area contributed by atoms with Gasteiger partial charge >= 0.3 is 0 Å². The highest BCUT2D eigenvalue weighted by molar-refractivity contribution is 5.76. The van der Waals surface area contributed by atoms with Crippen molar-refractivity contribution in [2.24, 2.45) is 11.3 Å². The van der Waals surface area contributed by atoms with E-state index < -0.39 is 0 Å². The van der Waals surface area contributed by atoms with Gasteiger partial charge in [0, 0.05) is 50.3 Å². The Morgan fingerprint density at radius 3 is 2.33 bits per heavy atom. The molecule has 0 saturated carbocycles. The molecule has 1 aromatic heterocycles. The molecule has 1 saturated heterocycles. The molecule has 2 heterocycles. The summed E-state index contributed by atoms with van der Waals surface area (Å²) in [4.78, 5) is 26.9. The normalized spacial score (nSPS) is 15.6. The van der Waals surface area contributed by atoms with Gasteiger partial charge in [-0.1, -0.05) is 51.5 Å². The summed E-state index contributed by atoms with van der Waals surface area (Å²) < 4.78 is 0. The fraction of sp³-hybridized carbons (Fsp3) is 0.607. The van der Waals surface area contributed by atoms with Gasteiger partial charge in [0.15, 0.2) is 0 Å². The number of aromatic nitrogens is 2. The lowest BCUT2D eigenvalue weighted by Gasteiger charge is -2.37. The highest BCUT2D eigenvalue weighted by Crippen LogP contribution is 2.28. The van der Waals surface area contributed by atoms with Gasteiger partial charge in [0.1, 0.15) is 11.6 Å². The summed E-state index contributed by atoms with van der Waals surface area (Å²) in [5.41, 5.74) is 6.41. The Kier molecular flexibility index (Phi) is 7.81. The van der Waals surface area contributed by atoms with Gasteiger partial charge in [-0.2, -0.15) is 0 Å². The molecule has 2 aromatic rings. The molecule has 1 aliphatic rings. The van der Waals surface area contributed by atoms with Crippen molar-refractivity contribution in [2.45, 2.75) is 74.7 Å². The predicted octanol–water partition coefficient (Wildman–Crippen LogP) is 5.41. The van der Waals surface area contributed by atoms with Crippen molar-refractivity contribution >= 4 is 11.7 Å². The van der Waals surface area contributed by atoms with Crippen LogP contribution in [0.2, 0.25) is 0 Å². The molecule has 1 amide bonds. The predicted molar refractivity (Wildman–Crippen MR) is 137 cm³/mol. The number of carbonyl (C=O) groups excluding carboxylic acids is 1. The largest absolute Gasteiger partial charge is 0.353 e.